The van der Waals surface area contributed by atoms with Crippen LogP contribution in [0.4, 0.5) is 0 Å². The molecule has 3 nitrogen and oxygen atoms in total. The van der Waals surface area contributed by atoms with E-state index in [0.29, 0.717) is 6.04 Å². The molecule has 0 radical (unpaired) electrons. The van der Waals surface area contributed by atoms with Gasteiger partial charge in [0.25, 0.3) is 0 Å². The first kappa shape index (κ1) is 12.9. The van der Waals surface area contributed by atoms with Gasteiger partial charge in [-0.15, -0.1) is 0 Å². The molecule has 1 unspecified atom stereocenters. The molecule has 0 amide bonds. The van der Waals surface area contributed by atoms with Crippen molar-refractivity contribution in [3.05, 3.63) is 0 Å². The maximum atomic E-state index is 9.13. The van der Waals surface area contributed by atoms with E-state index in [-0.39, 0.29) is 6.04 Å². The van der Waals surface area contributed by atoms with Crippen molar-refractivity contribution in [3.8, 4) is 6.07 Å². The normalized spacial score (nSPS) is 24.8. The molecule has 1 aliphatic carbocycles. The first-order chi connectivity index (χ1) is 8.19. The molecule has 0 spiro atoms. The van der Waals surface area contributed by atoms with E-state index >= 15 is 0 Å². The van der Waals surface area contributed by atoms with Gasteiger partial charge in [0.2, 0.25) is 0 Å². The van der Waals surface area contributed by atoms with Crippen molar-refractivity contribution in [1.82, 2.24) is 10.2 Å². The van der Waals surface area contributed by atoms with Crippen molar-refractivity contribution in [2.24, 2.45) is 11.8 Å². The SMILES string of the molecule is CC(C)C1CCN(CC(C#N)NC2CC2)CC1. The molecular weight excluding hydrogens is 210 g/mol. The summed E-state index contributed by atoms with van der Waals surface area (Å²) in [5.41, 5.74) is 0. The maximum absolute atomic E-state index is 9.13. The third-order valence-corrected chi connectivity index (χ3v) is 4.19. The summed E-state index contributed by atoms with van der Waals surface area (Å²) in [6, 6.07) is 3.07. The predicted molar refractivity (Wildman–Crippen MR) is 69.6 cm³/mol. The average Bonchev–Trinajstić information content (AvgIpc) is 3.13. The van der Waals surface area contributed by atoms with Crippen molar-refractivity contribution in [2.45, 2.75) is 51.6 Å². The van der Waals surface area contributed by atoms with Crippen LogP contribution >= 0.6 is 0 Å². The Hall–Kier alpha value is -0.590. The van der Waals surface area contributed by atoms with E-state index in [2.05, 4.69) is 30.1 Å². The molecule has 1 saturated carbocycles. The smallest absolute Gasteiger partial charge is 0.108 e. The van der Waals surface area contributed by atoms with Gasteiger partial charge in [-0.3, -0.25) is 5.32 Å². The largest absolute Gasteiger partial charge is 0.301 e. The monoisotopic (exact) mass is 235 g/mol. The van der Waals surface area contributed by atoms with Gasteiger partial charge < -0.3 is 4.90 Å². The molecule has 2 fully saturated rings. The van der Waals surface area contributed by atoms with Crippen LogP contribution in [0.5, 0.6) is 0 Å². The number of nitrogens with one attached hydrogen (secondary N) is 1. The van der Waals surface area contributed by atoms with Crippen molar-refractivity contribution < 1.29 is 0 Å². The van der Waals surface area contributed by atoms with Crippen LogP contribution in [-0.2, 0) is 0 Å². The lowest BCUT2D eigenvalue weighted by Gasteiger charge is -2.34. The Kier molecular flexibility index (Phi) is 4.42. The summed E-state index contributed by atoms with van der Waals surface area (Å²) in [4.78, 5) is 2.46. The number of piperidine rings is 1. The lowest BCUT2D eigenvalue weighted by molar-refractivity contribution is 0.152. The highest BCUT2D eigenvalue weighted by molar-refractivity contribution is 4.97. The molecular formula is C14H25N3. The predicted octanol–water partition coefficient (Wildman–Crippen LogP) is 2.00. The van der Waals surface area contributed by atoms with Gasteiger partial charge in [-0.05, 0) is 50.6 Å². The Morgan fingerprint density at radius 2 is 1.88 bits per heavy atom. The first-order valence-corrected chi connectivity index (χ1v) is 7.07. The molecule has 1 saturated heterocycles. The van der Waals surface area contributed by atoms with Crippen molar-refractivity contribution in [1.29, 1.82) is 5.26 Å². The molecule has 1 aliphatic heterocycles. The van der Waals surface area contributed by atoms with Gasteiger partial charge in [0.15, 0.2) is 0 Å². The topological polar surface area (TPSA) is 39.1 Å². The molecule has 1 N–H and O–H groups in total. The highest BCUT2D eigenvalue weighted by Gasteiger charge is 2.27. The minimum atomic E-state index is 0.0399. The molecule has 1 atom stereocenters. The molecule has 2 aliphatic rings. The van der Waals surface area contributed by atoms with Gasteiger partial charge in [-0.25, -0.2) is 0 Å². The van der Waals surface area contributed by atoms with E-state index in [4.69, 9.17) is 5.26 Å². The molecule has 17 heavy (non-hydrogen) atoms. The van der Waals surface area contributed by atoms with Gasteiger partial charge in [0, 0.05) is 12.6 Å². The second kappa shape index (κ2) is 5.84. The minimum Gasteiger partial charge on any atom is -0.301 e. The summed E-state index contributed by atoms with van der Waals surface area (Å²) in [6.45, 7) is 7.92. The van der Waals surface area contributed by atoms with Crippen molar-refractivity contribution >= 4 is 0 Å². The van der Waals surface area contributed by atoms with Crippen LogP contribution in [0.2, 0.25) is 0 Å². The van der Waals surface area contributed by atoms with E-state index in [1.54, 1.807) is 0 Å². The number of hydrogen-bond acceptors (Lipinski definition) is 3. The zero-order valence-electron chi connectivity index (χ0n) is 11.2. The standard InChI is InChI=1S/C14H25N3/c1-11(2)12-5-7-17(8-6-12)10-14(9-15)16-13-3-4-13/h11-14,16H,3-8,10H2,1-2H3. The quantitative estimate of drug-likeness (QED) is 0.792. The fourth-order valence-corrected chi connectivity index (χ4v) is 2.73. The molecule has 0 bridgehead atoms. The van der Waals surface area contributed by atoms with Gasteiger partial charge >= 0.3 is 0 Å². The Labute approximate surface area is 105 Å². The van der Waals surface area contributed by atoms with E-state index in [0.717, 1.165) is 18.4 Å². The van der Waals surface area contributed by atoms with Crippen LogP contribution < -0.4 is 5.32 Å². The summed E-state index contributed by atoms with van der Waals surface area (Å²) < 4.78 is 0. The van der Waals surface area contributed by atoms with Gasteiger partial charge in [-0.2, -0.15) is 5.26 Å². The Morgan fingerprint density at radius 1 is 1.24 bits per heavy atom. The first-order valence-electron chi connectivity index (χ1n) is 7.07. The summed E-state index contributed by atoms with van der Waals surface area (Å²) >= 11 is 0. The summed E-state index contributed by atoms with van der Waals surface area (Å²) in [5.74, 6) is 1.71. The fourth-order valence-electron chi connectivity index (χ4n) is 2.73. The summed E-state index contributed by atoms with van der Waals surface area (Å²) in [5, 5.41) is 12.6. The Balaban J connectivity index is 1.70. The number of rotatable bonds is 5. The van der Waals surface area contributed by atoms with Crippen LogP contribution in [0.3, 0.4) is 0 Å². The maximum Gasteiger partial charge on any atom is 0.108 e. The van der Waals surface area contributed by atoms with Crippen LogP contribution in [-0.4, -0.2) is 36.6 Å². The molecule has 0 aromatic heterocycles. The van der Waals surface area contributed by atoms with Crippen molar-refractivity contribution in [2.75, 3.05) is 19.6 Å². The van der Waals surface area contributed by atoms with Gasteiger partial charge in [0.1, 0.15) is 6.04 Å². The third-order valence-electron chi connectivity index (χ3n) is 4.19. The second-order valence-electron chi connectivity index (χ2n) is 6.00. The molecule has 0 aromatic carbocycles. The minimum absolute atomic E-state index is 0.0399. The molecule has 96 valence electrons. The van der Waals surface area contributed by atoms with Crippen LogP contribution in [0.1, 0.15) is 39.5 Å². The Bertz CT molecular complexity index is 270. The zero-order valence-corrected chi connectivity index (χ0v) is 11.2. The number of nitrogens with zero attached hydrogens (tertiary/aromatic N) is 2. The second-order valence-corrected chi connectivity index (χ2v) is 6.00. The number of hydrogen-bond donors (Lipinski definition) is 1. The van der Waals surface area contributed by atoms with E-state index in [1.807, 2.05) is 0 Å². The molecule has 3 heteroatoms. The van der Waals surface area contributed by atoms with Crippen LogP contribution in [0, 0.1) is 23.2 Å². The van der Waals surface area contributed by atoms with Gasteiger partial charge in [-0.1, -0.05) is 13.8 Å². The number of likely N-dealkylation sites (tertiary alicyclic amines) is 1. The summed E-state index contributed by atoms with van der Waals surface area (Å²) in [6.07, 6.45) is 5.12. The van der Waals surface area contributed by atoms with Gasteiger partial charge in [0.05, 0.1) is 6.07 Å². The lowest BCUT2D eigenvalue weighted by Crippen LogP contribution is -2.44. The number of nitriles is 1. The molecule has 0 aromatic rings. The highest BCUT2D eigenvalue weighted by Crippen LogP contribution is 2.25. The fraction of sp³-hybridized carbons (Fsp3) is 0.929. The van der Waals surface area contributed by atoms with Crippen LogP contribution in [0.15, 0.2) is 0 Å². The Morgan fingerprint density at radius 3 is 2.35 bits per heavy atom. The van der Waals surface area contributed by atoms with Crippen molar-refractivity contribution in [3.63, 3.8) is 0 Å². The third kappa shape index (κ3) is 3.97. The average molecular weight is 235 g/mol. The molecule has 2 rings (SSSR count). The summed E-state index contributed by atoms with van der Waals surface area (Å²) in [7, 11) is 0. The highest BCUT2D eigenvalue weighted by atomic mass is 15.2. The van der Waals surface area contributed by atoms with E-state index in [9.17, 15) is 0 Å². The zero-order chi connectivity index (χ0) is 12.3. The molecule has 1 heterocycles. The van der Waals surface area contributed by atoms with E-state index < -0.39 is 0 Å². The van der Waals surface area contributed by atoms with Crippen LogP contribution in [0.25, 0.3) is 0 Å². The lowest BCUT2D eigenvalue weighted by atomic mass is 9.86. The van der Waals surface area contributed by atoms with E-state index in [1.165, 1.54) is 38.8 Å².